The van der Waals surface area contributed by atoms with Crippen molar-refractivity contribution in [3.63, 3.8) is 0 Å². The second kappa shape index (κ2) is 7.69. The Morgan fingerprint density at radius 3 is 2.13 bits per heavy atom. The molecule has 0 saturated carbocycles. The van der Waals surface area contributed by atoms with Gasteiger partial charge in [0.2, 0.25) is 5.91 Å². The van der Waals surface area contributed by atoms with Gasteiger partial charge in [-0.25, -0.2) is 0 Å². The summed E-state index contributed by atoms with van der Waals surface area (Å²) in [7, 11) is 0. The van der Waals surface area contributed by atoms with Crippen LogP contribution in [0.15, 0.2) is 0 Å². The Bertz CT molecular complexity index is 178. The molecular formula is C12H26N2O. The summed E-state index contributed by atoms with van der Waals surface area (Å²) in [5.74, 6) is 0.663. The topological polar surface area (TPSA) is 55.1 Å². The van der Waals surface area contributed by atoms with Crippen LogP contribution in [-0.2, 0) is 4.79 Å². The van der Waals surface area contributed by atoms with Gasteiger partial charge < -0.3 is 11.1 Å². The number of carbonyl (C=O) groups is 1. The van der Waals surface area contributed by atoms with Gasteiger partial charge in [0.25, 0.3) is 0 Å². The van der Waals surface area contributed by atoms with Crippen LogP contribution >= 0.6 is 0 Å². The highest BCUT2D eigenvalue weighted by atomic mass is 16.1. The van der Waals surface area contributed by atoms with E-state index in [0.29, 0.717) is 12.3 Å². The SMILES string of the molecule is CCC(N)CC(=O)NC(C)C(CC)CC. The Balaban J connectivity index is 3.94. The van der Waals surface area contributed by atoms with Crippen LogP contribution in [0.1, 0.15) is 53.4 Å². The molecule has 0 aromatic heterocycles. The number of rotatable bonds is 7. The molecular weight excluding hydrogens is 188 g/mol. The third kappa shape index (κ3) is 5.78. The van der Waals surface area contributed by atoms with E-state index in [9.17, 15) is 4.79 Å². The van der Waals surface area contributed by atoms with Gasteiger partial charge in [-0.3, -0.25) is 4.79 Å². The molecule has 0 bridgehead atoms. The smallest absolute Gasteiger partial charge is 0.221 e. The largest absolute Gasteiger partial charge is 0.353 e. The first-order valence-corrected chi connectivity index (χ1v) is 6.09. The molecule has 3 heteroatoms. The van der Waals surface area contributed by atoms with E-state index in [1.54, 1.807) is 0 Å². The monoisotopic (exact) mass is 214 g/mol. The maximum absolute atomic E-state index is 11.6. The lowest BCUT2D eigenvalue weighted by molar-refractivity contribution is -0.122. The summed E-state index contributed by atoms with van der Waals surface area (Å²) in [6, 6.07) is 0.260. The molecule has 15 heavy (non-hydrogen) atoms. The van der Waals surface area contributed by atoms with Crippen LogP contribution < -0.4 is 11.1 Å². The highest BCUT2D eigenvalue weighted by Gasteiger charge is 2.16. The molecule has 0 rings (SSSR count). The van der Waals surface area contributed by atoms with E-state index in [1.165, 1.54) is 0 Å². The first-order valence-electron chi connectivity index (χ1n) is 6.09. The van der Waals surface area contributed by atoms with Crippen LogP contribution in [0.5, 0.6) is 0 Å². The zero-order valence-corrected chi connectivity index (χ0v) is 10.5. The molecule has 2 atom stereocenters. The maximum atomic E-state index is 11.6. The van der Waals surface area contributed by atoms with E-state index in [2.05, 4.69) is 26.1 Å². The van der Waals surface area contributed by atoms with E-state index in [1.807, 2.05) is 6.92 Å². The van der Waals surface area contributed by atoms with Crippen molar-refractivity contribution in [1.82, 2.24) is 5.32 Å². The molecule has 0 spiro atoms. The fourth-order valence-electron chi connectivity index (χ4n) is 1.81. The summed E-state index contributed by atoms with van der Waals surface area (Å²) in [5.41, 5.74) is 5.73. The fourth-order valence-corrected chi connectivity index (χ4v) is 1.81. The molecule has 0 saturated heterocycles. The van der Waals surface area contributed by atoms with Crippen molar-refractivity contribution in [2.24, 2.45) is 11.7 Å². The summed E-state index contributed by atoms with van der Waals surface area (Å²) in [6.45, 7) is 8.40. The van der Waals surface area contributed by atoms with Crippen LogP contribution in [0.3, 0.4) is 0 Å². The Kier molecular flexibility index (Phi) is 7.39. The molecule has 0 aromatic carbocycles. The molecule has 3 N–H and O–H groups in total. The van der Waals surface area contributed by atoms with E-state index < -0.39 is 0 Å². The highest BCUT2D eigenvalue weighted by Crippen LogP contribution is 2.12. The van der Waals surface area contributed by atoms with Gasteiger partial charge in [-0.15, -0.1) is 0 Å². The minimum absolute atomic E-state index is 0.00102. The quantitative estimate of drug-likeness (QED) is 0.681. The van der Waals surface area contributed by atoms with Crippen molar-refractivity contribution in [1.29, 1.82) is 0 Å². The minimum atomic E-state index is -0.00102. The van der Waals surface area contributed by atoms with Crippen LogP contribution in [0.25, 0.3) is 0 Å². The lowest BCUT2D eigenvalue weighted by Gasteiger charge is -2.23. The number of nitrogens with one attached hydrogen (secondary N) is 1. The zero-order valence-electron chi connectivity index (χ0n) is 10.5. The zero-order chi connectivity index (χ0) is 11.8. The average molecular weight is 214 g/mol. The standard InChI is InChI=1S/C12H26N2O/c1-5-10(6-2)9(4)14-12(15)8-11(13)7-3/h9-11H,5-8,13H2,1-4H3,(H,14,15). The summed E-state index contributed by atoms with van der Waals surface area (Å²) >= 11 is 0. The first kappa shape index (κ1) is 14.4. The van der Waals surface area contributed by atoms with Gasteiger partial charge in [0.15, 0.2) is 0 Å². The van der Waals surface area contributed by atoms with Crippen molar-refractivity contribution in [2.75, 3.05) is 0 Å². The second-order valence-electron chi connectivity index (χ2n) is 4.31. The second-order valence-corrected chi connectivity index (χ2v) is 4.31. The van der Waals surface area contributed by atoms with Crippen LogP contribution in [0, 0.1) is 5.92 Å². The minimum Gasteiger partial charge on any atom is -0.353 e. The molecule has 0 heterocycles. The Morgan fingerprint density at radius 1 is 1.20 bits per heavy atom. The van der Waals surface area contributed by atoms with Crippen LogP contribution in [-0.4, -0.2) is 18.0 Å². The molecule has 0 aliphatic heterocycles. The molecule has 0 radical (unpaired) electrons. The number of hydrogen-bond acceptors (Lipinski definition) is 2. The van der Waals surface area contributed by atoms with Gasteiger partial charge in [-0.2, -0.15) is 0 Å². The molecule has 1 amide bonds. The Morgan fingerprint density at radius 2 is 1.73 bits per heavy atom. The predicted octanol–water partition coefficient (Wildman–Crippen LogP) is 2.05. The Labute approximate surface area is 93.8 Å². The number of amides is 1. The van der Waals surface area contributed by atoms with Crippen molar-refractivity contribution in [2.45, 2.75) is 65.5 Å². The summed E-state index contributed by atoms with van der Waals surface area (Å²) in [4.78, 5) is 11.6. The molecule has 0 fully saturated rings. The van der Waals surface area contributed by atoms with Crippen LogP contribution in [0.2, 0.25) is 0 Å². The van der Waals surface area contributed by atoms with Crippen molar-refractivity contribution in [3.05, 3.63) is 0 Å². The van der Waals surface area contributed by atoms with Gasteiger partial charge >= 0.3 is 0 Å². The van der Waals surface area contributed by atoms with Gasteiger partial charge in [0, 0.05) is 18.5 Å². The fraction of sp³-hybridized carbons (Fsp3) is 0.917. The van der Waals surface area contributed by atoms with Crippen molar-refractivity contribution >= 4 is 5.91 Å². The first-order chi connectivity index (χ1) is 7.04. The summed E-state index contributed by atoms with van der Waals surface area (Å²) < 4.78 is 0. The number of nitrogens with two attached hydrogens (primary N) is 1. The summed E-state index contributed by atoms with van der Waals surface area (Å²) in [6.07, 6.45) is 3.52. The lowest BCUT2D eigenvalue weighted by Crippen LogP contribution is -2.40. The predicted molar refractivity (Wildman–Crippen MR) is 64.6 cm³/mol. The third-order valence-electron chi connectivity index (χ3n) is 3.12. The highest BCUT2D eigenvalue weighted by molar-refractivity contribution is 5.76. The number of hydrogen-bond donors (Lipinski definition) is 2. The molecule has 0 aliphatic rings. The molecule has 90 valence electrons. The molecule has 0 aromatic rings. The van der Waals surface area contributed by atoms with Gasteiger partial charge in [0.1, 0.15) is 0 Å². The normalized spacial score (nSPS) is 15.1. The van der Waals surface area contributed by atoms with Gasteiger partial charge in [-0.1, -0.05) is 33.6 Å². The number of carbonyl (C=O) groups excluding carboxylic acids is 1. The Hall–Kier alpha value is -0.570. The third-order valence-corrected chi connectivity index (χ3v) is 3.12. The summed E-state index contributed by atoms with van der Waals surface area (Å²) in [5, 5.41) is 3.03. The molecule has 2 unspecified atom stereocenters. The average Bonchev–Trinajstić information content (AvgIpc) is 2.19. The maximum Gasteiger partial charge on any atom is 0.221 e. The molecule has 0 aliphatic carbocycles. The van der Waals surface area contributed by atoms with Crippen molar-refractivity contribution in [3.8, 4) is 0 Å². The van der Waals surface area contributed by atoms with E-state index in [0.717, 1.165) is 19.3 Å². The van der Waals surface area contributed by atoms with Crippen molar-refractivity contribution < 1.29 is 4.79 Å². The van der Waals surface area contributed by atoms with E-state index in [-0.39, 0.29) is 18.0 Å². The lowest BCUT2D eigenvalue weighted by atomic mass is 9.95. The van der Waals surface area contributed by atoms with Gasteiger partial charge in [0.05, 0.1) is 0 Å². The van der Waals surface area contributed by atoms with E-state index in [4.69, 9.17) is 5.73 Å². The van der Waals surface area contributed by atoms with Gasteiger partial charge in [-0.05, 0) is 19.3 Å². The van der Waals surface area contributed by atoms with E-state index >= 15 is 0 Å². The van der Waals surface area contributed by atoms with Crippen LogP contribution in [0.4, 0.5) is 0 Å². The molecule has 3 nitrogen and oxygen atoms in total.